The Kier molecular flexibility index (Phi) is 7.67. The lowest BCUT2D eigenvalue weighted by Gasteiger charge is -2.33. The van der Waals surface area contributed by atoms with Gasteiger partial charge in [-0.25, -0.2) is 0 Å². The van der Waals surface area contributed by atoms with Gasteiger partial charge < -0.3 is 15.5 Å². The quantitative estimate of drug-likeness (QED) is 0.533. The molecule has 0 unspecified atom stereocenters. The van der Waals surface area contributed by atoms with E-state index in [1.54, 1.807) is 0 Å². The number of rotatable bonds is 7. The Balaban J connectivity index is 1.19. The first kappa shape index (κ1) is 21.6. The number of piperidine rings is 2. The van der Waals surface area contributed by atoms with Gasteiger partial charge in [0.1, 0.15) is 0 Å². The Hall–Kier alpha value is -1.59. The van der Waals surface area contributed by atoms with Crippen LogP contribution in [0.15, 0.2) is 29.3 Å². The third-order valence-corrected chi connectivity index (χ3v) is 7.02. The molecule has 1 saturated carbocycles. The van der Waals surface area contributed by atoms with Crippen molar-refractivity contribution in [3.05, 3.63) is 35.4 Å². The van der Waals surface area contributed by atoms with E-state index in [1.807, 2.05) is 0 Å². The van der Waals surface area contributed by atoms with Crippen molar-refractivity contribution in [1.82, 2.24) is 20.4 Å². The highest BCUT2D eigenvalue weighted by molar-refractivity contribution is 5.80. The summed E-state index contributed by atoms with van der Waals surface area (Å²) in [5.41, 5.74) is 2.78. The molecule has 1 aliphatic carbocycles. The number of hydrogen-bond donors (Lipinski definition) is 2. The van der Waals surface area contributed by atoms with Crippen LogP contribution in [0.1, 0.15) is 56.6 Å². The summed E-state index contributed by atoms with van der Waals surface area (Å²) in [6, 6.07) is 10.5. The van der Waals surface area contributed by atoms with Crippen molar-refractivity contribution < 1.29 is 0 Å². The molecular formula is C25H41N5. The van der Waals surface area contributed by atoms with Crippen LogP contribution < -0.4 is 10.6 Å². The van der Waals surface area contributed by atoms with Crippen molar-refractivity contribution in [3.8, 4) is 0 Å². The minimum atomic E-state index is 0.578. The maximum absolute atomic E-state index is 4.98. The molecule has 3 aliphatic rings. The zero-order valence-electron chi connectivity index (χ0n) is 19.1. The van der Waals surface area contributed by atoms with Crippen LogP contribution in [-0.4, -0.2) is 67.1 Å². The van der Waals surface area contributed by atoms with Crippen LogP contribution >= 0.6 is 0 Å². The molecule has 4 rings (SSSR count). The van der Waals surface area contributed by atoms with E-state index in [0.717, 1.165) is 31.6 Å². The highest BCUT2D eigenvalue weighted by Crippen LogP contribution is 2.29. The second-order valence-electron chi connectivity index (χ2n) is 9.61. The standard InChI is InChI=1S/C25H41N5/c1-3-26-25(28-23-12-16-30(17-13-23)24-8-9-24)27-18-21-10-14-29(15-11-21)19-22-6-4-20(2)5-7-22/h4-7,21,23-24H,3,8-19H2,1-2H3,(H2,26,27,28). The van der Waals surface area contributed by atoms with E-state index < -0.39 is 0 Å². The summed E-state index contributed by atoms with van der Waals surface area (Å²) in [6.45, 7) is 12.2. The second-order valence-corrected chi connectivity index (χ2v) is 9.61. The SMILES string of the molecule is CCNC(=NCC1CCN(Cc2ccc(C)cc2)CC1)NC1CCN(C2CC2)CC1. The number of aliphatic imine (C=N–C) groups is 1. The molecule has 30 heavy (non-hydrogen) atoms. The summed E-state index contributed by atoms with van der Waals surface area (Å²) in [6.07, 6.45) is 7.86. The monoisotopic (exact) mass is 411 g/mol. The maximum Gasteiger partial charge on any atom is 0.191 e. The number of nitrogens with one attached hydrogen (secondary N) is 2. The molecule has 0 spiro atoms. The van der Waals surface area contributed by atoms with Crippen LogP contribution in [0.2, 0.25) is 0 Å². The molecule has 1 aromatic carbocycles. The number of benzene rings is 1. The average Bonchev–Trinajstić information content (AvgIpc) is 3.61. The minimum absolute atomic E-state index is 0.578. The molecule has 0 radical (unpaired) electrons. The van der Waals surface area contributed by atoms with Gasteiger partial charge in [-0.3, -0.25) is 9.89 Å². The predicted octanol–water partition coefficient (Wildman–Crippen LogP) is 3.39. The lowest BCUT2D eigenvalue weighted by Crippen LogP contribution is -2.49. The normalized spacial score (nSPS) is 22.9. The van der Waals surface area contributed by atoms with Gasteiger partial charge in [-0.05, 0) is 76.9 Å². The van der Waals surface area contributed by atoms with Crippen molar-refractivity contribution >= 4 is 5.96 Å². The van der Waals surface area contributed by atoms with E-state index in [-0.39, 0.29) is 0 Å². The first-order chi connectivity index (χ1) is 14.7. The van der Waals surface area contributed by atoms with E-state index in [0.29, 0.717) is 12.0 Å². The van der Waals surface area contributed by atoms with Gasteiger partial charge in [0.15, 0.2) is 5.96 Å². The van der Waals surface area contributed by atoms with Crippen molar-refractivity contribution in [2.75, 3.05) is 39.3 Å². The fraction of sp³-hybridized carbons (Fsp3) is 0.720. The summed E-state index contributed by atoms with van der Waals surface area (Å²) in [4.78, 5) is 10.3. The van der Waals surface area contributed by atoms with E-state index in [4.69, 9.17) is 4.99 Å². The van der Waals surface area contributed by atoms with Crippen LogP contribution in [-0.2, 0) is 6.54 Å². The number of aryl methyl sites for hydroxylation is 1. The van der Waals surface area contributed by atoms with Gasteiger partial charge in [0.25, 0.3) is 0 Å². The molecule has 2 N–H and O–H groups in total. The minimum Gasteiger partial charge on any atom is -0.357 e. The summed E-state index contributed by atoms with van der Waals surface area (Å²) in [7, 11) is 0. The lowest BCUT2D eigenvalue weighted by atomic mass is 9.96. The summed E-state index contributed by atoms with van der Waals surface area (Å²) in [5, 5.41) is 7.20. The molecular weight excluding hydrogens is 370 g/mol. The van der Waals surface area contributed by atoms with Gasteiger partial charge >= 0.3 is 0 Å². The molecule has 166 valence electrons. The summed E-state index contributed by atoms with van der Waals surface area (Å²) in [5.74, 6) is 1.75. The fourth-order valence-corrected chi connectivity index (χ4v) is 4.86. The van der Waals surface area contributed by atoms with E-state index in [1.165, 1.54) is 75.8 Å². The number of likely N-dealkylation sites (tertiary alicyclic amines) is 2. The fourth-order valence-electron chi connectivity index (χ4n) is 4.86. The zero-order chi connectivity index (χ0) is 20.8. The Morgan fingerprint density at radius 1 is 0.967 bits per heavy atom. The third kappa shape index (κ3) is 6.45. The van der Waals surface area contributed by atoms with Gasteiger partial charge in [0, 0.05) is 44.8 Å². The largest absolute Gasteiger partial charge is 0.357 e. The van der Waals surface area contributed by atoms with Crippen molar-refractivity contribution in [2.24, 2.45) is 10.9 Å². The van der Waals surface area contributed by atoms with Crippen LogP contribution in [0.5, 0.6) is 0 Å². The molecule has 2 heterocycles. The second kappa shape index (κ2) is 10.6. The van der Waals surface area contributed by atoms with E-state index in [2.05, 4.69) is 58.5 Å². The Morgan fingerprint density at radius 2 is 1.67 bits per heavy atom. The van der Waals surface area contributed by atoms with E-state index in [9.17, 15) is 0 Å². The predicted molar refractivity (Wildman–Crippen MR) is 126 cm³/mol. The van der Waals surface area contributed by atoms with Gasteiger partial charge in [-0.1, -0.05) is 29.8 Å². The zero-order valence-corrected chi connectivity index (χ0v) is 19.1. The van der Waals surface area contributed by atoms with Gasteiger partial charge in [0.2, 0.25) is 0 Å². The number of hydrogen-bond acceptors (Lipinski definition) is 3. The van der Waals surface area contributed by atoms with Gasteiger partial charge in [0.05, 0.1) is 0 Å². The summed E-state index contributed by atoms with van der Waals surface area (Å²) >= 11 is 0. The van der Waals surface area contributed by atoms with Crippen molar-refractivity contribution in [1.29, 1.82) is 0 Å². The molecule has 0 amide bonds. The van der Waals surface area contributed by atoms with Crippen LogP contribution in [0.3, 0.4) is 0 Å². The molecule has 5 nitrogen and oxygen atoms in total. The molecule has 0 bridgehead atoms. The summed E-state index contributed by atoms with van der Waals surface area (Å²) < 4.78 is 0. The highest BCUT2D eigenvalue weighted by Gasteiger charge is 2.32. The molecule has 2 saturated heterocycles. The average molecular weight is 412 g/mol. The van der Waals surface area contributed by atoms with Crippen LogP contribution in [0, 0.1) is 12.8 Å². The Morgan fingerprint density at radius 3 is 2.30 bits per heavy atom. The third-order valence-electron chi connectivity index (χ3n) is 7.02. The maximum atomic E-state index is 4.98. The van der Waals surface area contributed by atoms with Gasteiger partial charge in [-0.15, -0.1) is 0 Å². The first-order valence-electron chi connectivity index (χ1n) is 12.3. The first-order valence-corrected chi connectivity index (χ1v) is 12.3. The molecule has 2 aliphatic heterocycles. The smallest absolute Gasteiger partial charge is 0.191 e. The van der Waals surface area contributed by atoms with Crippen molar-refractivity contribution in [2.45, 2.75) is 71.0 Å². The Bertz CT molecular complexity index is 665. The topological polar surface area (TPSA) is 42.9 Å². The molecule has 3 fully saturated rings. The molecule has 0 aromatic heterocycles. The van der Waals surface area contributed by atoms with Gasteiger partial charge in [-0.2, -0.15) is 0 Å². The van der Waals surface area contributed by atoms with Crippen LogP contribution in [0.25, 0.3) is 0 Å². The molecule has 0 atom stereocenters. The van der Waals surface area contributed by atoms with E-state index >= 15 is 0 Å². The Labute approximate surface area is 183 Å². The molecule has 1 aromatic rings. The number of guanidine groups is 1. The lowest BCUT2D eigenvalue weighted by molar-refractivity contribution is 0.180. The van der Waals surface area contributed by atoms with Crippen LogP contribution in [0.4, 0.5) is 0 Å². The molecule has 5 heteroatoms. The highest BCUT2D eigenvalue weighted by atomic mass is 15.2. The van der Waals surface area contributed by atoms with Crippen molar-refractivity contribution in [3.63, 3.8) is 0 Å². The number of nitrogens with zero attached hydrogens (tertiary/aromatic N) is 3.